The van der Waals surface area contributed by atoms with Gasteiger partial charge in [-0.25, -0.2) is 0 Å². The Hall–Kier alpha value is -2.29. The predicted octanol–water partition coefficient (Wildman–Crippen LogP) is 3.39. The van der Waals surface area contributed by atoms with Gasteiger partial charge in [0.1, 0.15) is 0 Å². The number of rotatable bonds is 7. The Morgan fingerprint density at radius 2 is 1.42 bits per heavy atom. The molecule has 0 radical (unpaired) electrons. The molecule has 0 N–H and O–H groups in total. The average Bonchev–Trinajstić information content (AvgIpc) is 2.49. The molecule has 0 spiro atoms. The average molecular weight is 255 g/mol. The van der Waals surface area contributed by atoms with E-state index < -0.39 is 0 Å². The summed E-state index contributed by atoms with van der Waals surface area (Å²) in [5.74, 6) is 0. The Labute approximate surface area is 113 Å². The molecule has 19 heavy (non-hydrogen) atoms. The lowest BCUT2D eigenvalue weighted by Crippen LogP contribution is -2.19. The fourth-order valence-electron chi connectivity index (χ4n) is 1.98. The van der Waals surface area contributed by atoms with Crippen LogP contribution in [0.4, 0.5) is 11.4 Å². The molecule has 2 aromatic rings. The first-order valence-electron chi connectivity index (χ1n) is 6.34. The molecule has 0 heterocycles. The Bertz CT molecular complexity index is 445. The van der Waals surface area contributed by atoms with Crippen molar-refractivity contribution < 1.29 is 9.53 Å². The van der Waals surface area contributed by atoms with Gasteiger partial charge in [0.25, 0.3) is 6.47 Å². The number of para-hydroxylation sites is 2. The molecule has 0 aliphatic heterocycles. The Morgan fingerprint density at radius 3 is 1.89 bits per heavy atom. The van der Waals surface area contributed by atoms with E-state index in [-0.39, 0.29) is 0 Å². The van der Waals surface area contributed by atoms with E-state index in [1.54, 1.807) is 0 Å². The van der Waals surface area contributed by atoms with E-state index in [2.05, 4.69) is 29.2 Å². The fraction of sp³-hybridized carbons (Fsp3) is 0.188. The molecule has 2 aromatic carbocycles. The van der Waals surface area contributed by atoms with Crippen LogP contribution in [0.25, 0.3) is 0 Å². The second-order valence-corrected chi connectivity index (χ2v) is 4.14. The molecule has 3 heteroatoms. The van der Waals surface area contributed by atoms with Gasteiger partial charge in [-0.05, 0) is 30.7 Å². The standard InChI is InChI=1S/C16H17NO2/c18-14-19-13-7-12-17(15-8-3-1-4-9-15)16-10-5-2-6-11-16/h1-6,8-11,14H,7,12-13H2. The molecule has 0 saturated carbocycles. The molecule has 0 fully saturated rings. The van der Waals surface area contributed by atoms with Gasteiger partial charge in [0.05, 0.1) is 6.61 Å². The first-order chi connectivity index (χ1) is 9.42. The summed E-state index contributed by atoms with van der Waals surface area (Å²) in [4.78, 5) is 12.4. The van der Waals surface area contributed by atoms with Crippen LogP contribution in [0.5, 0.6) is 0 Å². The van der Waals surface area contributed by atoms with Gasteiger partial charge in [0, 0.05) is 17.9 Å². The summed E-state index contributed by atoms with van der Waals surface area (Å²) in [6.07, 6.45) is 0.794. The van der Waals surface area contributed by atoms with E-state index >= 15 is 0 Å². The number of hydrogen-bond acceptors (Lipinski definition) is 3. The topological polar surface area (TPSA) is 29.5 Å². The third-order valence-corrected chi connectivity index (χ3v) is 2.85. The third-order valence-electron chi connectivity index (χ3n) is 2.85. The van der Waals surface area contributed by atoms with Crippen LogP contribution in [-0.4, -0.2) is 19.6 Å². The first-order valence-corrected chi connectivity index (χ1v) is 6.34. The minimum atomic E-state index is 0.444. The number of carbonyl (C=O) groups excluding carboxylic acids is 1. The van der Waals surface area contributed by atoms with Crippen molar-refractivity contribution in [2.75, 3.05) is 18.1 Å². The van der Waals surface area contributed by atoms with Crippen LogP contribution >= 0.6 is 0 Å². The number of carbonyl (C=O) groups is 1. The number of ether oxygens (including phenoxy) is 1. The maximum absolute atomic E-state index is 10.2. The molecule has 0 unspecified atom stereocenters. The molecule has 0 aromatic heterocycles. The molecule has 2 rings (SSSR count). The van der Waals surface area contributed by atoms with Crippen LogP contribution in [0.3, 0.4) is 0 Å². The van der Waals surface area contributed by atoms with Gasteiger partial charge >= 0.3 is 0 Å². The molecule has 98 valence electrons. The fourth-order valence-corrected chi connectivity index (χ4v) is 1.98. The lowest BCUT2D eigenvalue weighted by Gasteiger charge is -2.24. The zero-order chi connectivity index (χ0) is 13.3. The quantitative estimate of drug-likeness (QED) is 0.561. The van der Waals surface area contributed by atoms with Crippen LogP contribution in [0.15, 0.2) is 60.7 Å². The van der Waals surface area contributed by atoms with E-state index in [9.17, 15) is 4.79 Å². The van der Waals surface area contributed by atoms with Crippen molar-refractivity contribution in [1.82, 2.24) is 0 Å². The van der Waals surface area contributed by atoms with Crippen LogP contribution in [0.2, 0.25) is 0 Å². The molecule has 0 saturated heterocycles. The monoisotopic (exact) mass is 255 g/mol. The largest absolute Gasteiger partial charge is 0.468 e. The van der Waals surface area contributed by atoms with Crippen molar-refractivity contribution in [3.05, 3.63) is 60.7 Å². The van der Waals surface area contributed by atoms with Crippen molar-refractivity contribution in [3.8, 4) is 0 Å². The van der Waals surface area contributed by atoms with E-state index in [0.717, 1.165) is 24.3 Å². The van der Waals surface area contributed by atoms with Gasteiger partial charge in [-0.2, -0.15) is 0 Å². The minimum absolute atomic E-state index is 0.444. The van der Waals surface area contributed by atoms with Crippen LogP contribution in [-0.2, 0) is 9.53 Å². The Morgan fingerprint density at radius 1 is 0.895 bits per heavy atom. The summed E-state index contributed by atoms with van der Waals surface area (Å²) in [5.41, 5.74) is 2.28. The van der Waals surface area contributed by atoms with Gasteiger partial charge in [0.2, 0.25) is 0 Å². The van der Waals surface area contributed by atoms with Crippen molar-refractivity contribution >= 4 is 17.8 Å². The normalized spacial score (nSPS) is 9.89. The van der Waals surface area contributed by atoms with Gasteiger partial charge < -0.3 is 9.64 Å². The second kappa shape index (κ2) is 7.21. The van der Waals surface area contributed by atoms with Crippen LogP contribution in [0, 0.1) is 0 Å². The summed E-state index contributed by atoms with van der Waals surface area (Å²) in [5, 5.41) is 0. The molecule has 0 aliphatic rings. The highest BCUT2D eigenvalue weighted by Gasteiger charge is 2.07. The summed E-state index contributed by atoms with van der Waals surface area (Å²) in [6.45, 7) is 1.75. The Balaban J connectivity index is 2.12. The predicted molar refractivity (Wildman–Crippen MR) is 76.5 cm³/mol. The molecule has 0 bridgehead atoms. The number of hydrogen-bond donors (Lipinski definition) is 0. The van der Waals surface area contributed by atoms with Crippen LogP contribution < -0.4 is 4.90 Å². The smallest absolute Gasteiger partial charge is 0.293 e. The highest BCUT2D eigenvalue weighted by Crippen LogP contribution is 2.24. The van der Waals surface area contributed by atoms with Crippen molar-refractivity contribution in [3.63, 3.8) is 0 Å². The number of anilines is 2. The van der Waals surface area contributed by atoms with Gasteiger partial charge in [-0.1, -0.05) is 36.4 Å². The van der Waals surface area contributed by atoms with Crippen molar-refractivity contribution in [1.29, 1.82) is 0 Å². The molecule has 0 aliphatic carbocycles. The van der Waals surface area contributed by atoms with Crippen LogP contribution in [0.1, 0.15) is 6.42 Å². The summed E-state index contributed by atoms with van der Waals surface area (Å²) in [6, 6.07) is 20.4. The zero-order valence-electron chi connectivity index (χ0n) is 10.7. The van der Waals surface area contributed by atoms with E-state index in [1.807, 2.05) is 36.4 Å². The number of benzene rings is 2. The first kappa shape index (κ1) is 13.1. The second-order valence-electron chi connectivity index (χ2n) is 4.14. The molecule has 0 atom stereocenters. The van der Waals surface area contributed by atoms with Gasteiger partial charge in [-0.3, -0.25) is 4.79 Å². The third kappa shape index (κ3) is 3.85. The number of nitrogens with zero attached hydrogens (tertiary/aromatic N) is 1. The summed E-state index contributed by atoms with van der Waals surface area (Å²) < 4.78 is 4.75. The lowest BCUT2D eigenvalue weighted by molar-refractivity contribution is -0.128. The van der Waals surface area contributed by atoms with Gasteiger partial charge in [0.15, 0.2) is 0 Å². The van der Waals surface area contributed by atoms with Crippen molar-refractivity contribution in [2.45, 2.75) is 6.42 Å². The highest BCUT2D eigenvalue weighted by molar-refractivity contribution is 5.62. The van der Waals surface area contributed by atoms with Crippen molar-refractivity contribution in [2.24, 2.45) is 0 Å². The Kier molecular flexibility index (Phi) is 4.99. The maximum atomic E-state index is 10.2. The molecule has 0 amide bonds. The lowest BCUT2D eigenvalue weighted by atomic mass is 10.2. The maximum Gasteiger partial charge on any atom is 0.293 e. The summed E-state index contributed by atoms with van der Waals surface area (Å²) in [7, 11) is 0. The molecular weight excluding hydrogens is 238 g/mol. The minimum Gasteiger partial charge on any atom is -0.468 e. The van der Waals surface area contributed by atoms with E-state index in [0.29, 0.717) is 13.1 Å². The molecule has 3 nitrogen and oxygen atoms in total. The van der Waals surface area contributed by atoms with Gasteiger partial charge in [-0.15, -0.1) is 0 Å². The van der Waals surface area contributed by atoms with E-state index in [4.69, 9.17) is 4.74 Å². The highest BCUT2D eigenvalue weighted by atomic mass is 16.5. The summed E-state index contributed by atoms with van der Waals surface area (Å²) >= 11 is 0. The molecular formula is C16H17NO2. The van der Waals surface area contributed by atoms with E-state index in [1.165, 1.54) is 0 Å². The SMILES string of the molecule is O=COCCCN(c1ccccc1)c1ccccc1. The zero-order valence-corrected chi connectivity index (χ0v) is 10.7.